The summed E-state index contributed by atoms with van der Waals surface area (Å²) in [4.78, 5) is 13.5. The second-order valence-corrected chi connectivity index (χ2v) is 7.06. The Morgan fingerprint density at radius 1 is 1.28 bits per heavy atom. The van der Waals surface area contributed by atoms with E-state index in [4.69, 9.17) is 5.73 Å². The van der Waals surface area contributed by atoms with Crippen molar-refractivity contribution >= 4 is 17.2 Å². The molecule has 0 radical (unpaired) electrons. The van der Waals surface area contributed by atoms with E-state index in [1.807, 2.05) is 13.0 Å². The molecule has 0 unspecified atom stereocenters. The summed E-state index contributed by atoms with van der Waals surface area (Å²) in [6.45, 7) is 4.82. The van der Waals surface area contributed by atoms with Crippen LogP contribution in [-0.2, 0) is 19.4 Å². The predicted molar refractivity (Wildman–Crippen MR) is 102 cm³/mol. The third-order valence-corrected chi connectivity index (χ3v) is 5.45. The van der Waals surface area contributed by atoms with Crippen molar-refractivity contribution in [1.82, 2.24) is 4.57 Å². The molecule has 5 heteroatoms. The third-order valence-electron chi connectivity index (χ3n) is 4.51. The summed E-state index contributed by atoms with van der Waals surface area (Å²) in [6.07, 6.45) is 1.70. The molecule has 1 aromatic carbocycles. The fourth-order valence-corrected chi connectivity index (χ4v) is 4.12. The van der Waals surface area contributed by atoms with E-state index in [0.717, 1.165) is 41.9 Å². The number of aryl methyl sites for hydroxylation is 1. The van der Waals surface area contributed by atoms with Gasteiger partial charge in [0.2, 0.25) is 0 Å². The highest BCUT2D eigenvalue weighted by atomic mass is 32.1. The first-order valence-electron chi connectivity index (χ1n) is 8.36. The van der Waals surface area contributed by atoms with E-state index in [9.17, 15) is 9.90 Å². The number of amides is 1. The fraction of sp³-hybridized carbons (Fsp3) is 0.250. The SMILES string of the molecule is CCc1c(-c2cccc(O)c2)c(C(N)=O)c(C)n1CCc1cccs1. The van der Waals surface area contributed by atoms with Crippen molar-refractivity contribution in [2.45, 2.75) is 33.2 Å². The average molecular weight is 354 g/mol. The fourth-order valence-electron chi connectivity index (χ4n) is 3.42. The Morgan fingerprint density at radius 3 is 2.68 bits per heavy atom. The van der Waals surface area contributed by atoms with E-state index >= 15 is 0 Å². The van der Waals surface area contributed by atoms with Crippen molar-refractivity contribution in [3.05, 3.63) is 63.6 Å². The number of carbonyl (C=O) groups is 1. The van der Waals surface area contributed by atoms with Crippen LogP contribution in [0.4, 0.5) is 0 Å². The monoisotopic (exact) mass is 354 g/mol. The highest BCUT2D eigenvalue weighted by molar-refractivity contribution is 7.09. The lowest BCUT2D eigenvalue weighted by Gasteiger charge is -2.11. The van der Waals surface area contributed by atoms with Crippen LogP contribution in [0.1, 0.15) is 33.5 Å². The van der Waals surface area contributed by atoms with Gasteiger partial charge in [-0.15, -0.1) is 11.3 Å². The minimum absolute atomic E-state index is 0.180. The molecule has 3 aromatic rings. The number of hydrogen-bond donors (Lipinski definition) is 2. The van der Waals surface area contributed by atoms with Crippen LogP contribution in [0, 0.1) is 6.92 Å². The van der Waals surface area contributed by atoms with E-state index in [-0.39, 0.29) is 5.75 Å². The highest BCUT2D eigenvalue weighted by Gasteiger charge is 2.24. The van der Waals surface area contributed by atoms with Gasteiger partial charge in [-0.3, -0.25) is 4.79 Å². The number of nitrogens with zero attached hydrogens (tertiary/aromatic N) is 1. The molecular weight excluding hydrogens is 332 g/mol. The number of rotatable bonds is 6. The lowest BCUT2D eigenvalue weighted by molar-refractivity contribution is 0.1000. The van der Waals surface area contributed by atoms with Gasteiger partial charge in [0, 0.05) is 28.4 Å². The van der Waals surface area contributed by atoms with E-state index in [1.54, 1.807) is 29.5 Å². The maximum Gasteiger partial charge on any atom is 0.251 e. The number of aromatic hydroxyl groups is 1. The van der Waals surface area contributed by atoms with Crippen molar-refractivity contribution in [3.8, 4) is 16.9 Å². The van der Waals surface area contributed by atoms with E-state index in [0.29, 0.717) is 5.56 Å². The van der Waals surface area contributed by atoms with Gasteiger partial charge in [-0.2, -0.15) is 0 Å². The molecule has 4 nitrogen and oxygen atoms in total. The topological polar surface area (TPSA) is 68.2 Å². The molecule has 2 aromatic heterocycles. The summed E-state index contributed by atoms with van der Waals surface area (Å²) in [5, 5.41) is 11.9. The molecule has 130 valence electrons. The molecule has 0 aliphatic heterocycles. The molecule has 0 bridgehead atoms. The first-order valence-corrected chi connectivity index (χ1v) is 9.24. The minimum atomic E-state index is -0.430. The Balaban J connectivity index is 2.12. The summed E-state index contributed by atoms with van der Waals surface area (Å²) in [5.74, 6) is -0.251. The van der Waals surface area contributed by atoms with Gasteiger partial charge >= 0.3 is 0 Å². The first-order chi connectivity index (χ1) is 12.0. The predicted octanol–water partition coefficient (Wildman–Crippen LogP) is 4.13. The molecule has 0 saturated heterocycles. The maximum atomic E-state index is 12.2. The number of phenolic OH excluding ortho intramolecular Hbond substituents is 1. The second kappa shape index (κ2) is 7.15. The van der Waals surface area contributed by atoms with Crippen LogP contribution in [0.15, 0.2) is 41.8 Å². The number of hydrogen-bond acceptors (Lipinski definition) is 3. The Hall–Kier alpha value is -2.53. The summed E-state index contributed by atoms with van der Waals surface area (Å²) < 4.78 is 2.19. The molecule has 0 aliphatic rings. The van der Waals surface area contributed by atoms with Gasteiger partial charge in [-0.1, -0.05) is 25.1 Å². The van der Waals surface area contributed by atoms with Crippen LogP contribution in [-0.4, -0.2) is 15.6 Å². The molecule has 3 rings (SSSR count). The highest BCUT2D eigenvalue weighted by Crippen LogP contribution is 2.34. The standard InChI is InChI=1S/C20H22N2O2S/c1-3-17-19(14-6-4-7-15(23)12-14)18(20(21)24)13(2)22(17)10-9-16-8-5-11-25-16/h4-8,11-12,23H,3,9-10H2,1-2H3,(H2,21,24). The Morgan fingerprint density at radius 2 is 2.08 bits per heavy atom. The van der Waals surface area contributed by atoms with E-state index in [1.165, 1.54) is 4.88 Å². The van der Waals surface area contributed by atoms with Crippen LogP contribution in [0.2, 0.25) is 0 Å². The summed E-state index contributed by atoms with van der Waals surface area (Å²) in [6, 6.07) is 11.2. The lowest BCUT2D eigenvalue weighted by atomic mass is 9.98. The zero-order valence-corrected chi connectivity index (χ0v) is 15.3. The molecule has 0 aliphatic carbocycles. The van der Waals surface area contributed by atoms with Crippen molar-refractivity contribution in [1.29, 1.82) is 0 Å². The number of aromatic nitrogens is 1. The van der Waals surface area contributed by atoms with Gasteiger partial charge in [0.05, 0.1) is 5.56 Å². The van der Waals surface area contributed by atoms with Crippen LogP contribution in [0.3, 0.4) is 0 Å². The zero-order valence-electron chi connectivity index (χ0n) is 14.5. The van der Waals surface area contributed by atoms with E-state index < -0.39 is 5.91 Å². The Kier molecular flexibility index (Phi) is 4.95. The van der Waals surface area contributed by atoms with Crippen LogP contribution in [0.5, 0.6) is 5.75 Å². The van der Waals surface area contributed by atoms with Crippen LogP contribution in [0.25, 0.3) is 11.1 Å². The Bertz CT molecular complexity index is 895. The number of primary amides is 1. The molecule has 0 atom stereocenters. The molecule has 0 spiro atoms. The molecule has 3 N–H and O–H groups in total. The third kappa shape index (κ3) is 3.33. The van der Waals surface area contributed by atoms with E-state index in [2.05, 4.69) is 29.0 Å². The van der Waals surface area contributed by atoms with Crippen molar-refractivity contribution in [3.63, 3.8) is 0 Å². The average Bonchev–Trinajstić information content (AvgIpc) is 3.18. The lowest BCUT2D eigenvalue weighted by Crippen LogP contribution is -2.13. The quantitative estimate of drug-likeness (QED) is 0.699. The zero-order chi connectivity index (χ0) is 18.0. The maximum absolute atomic E-state index is 12.2. The number of thiophene rings is 1. The van der Waals surface area contributed by atoms with Crippen molar-refractivity contribution in [2.75, 3.05) is 0 Å². The second-order valence-electron chi connectivity index (χ2n) is 6.03. The number of nitrogens with two attached hydrogens (primary N) is 1. The summed E-state index contributed by atoms with van der Waals surface area (Å²) in [7, 11) is 0. The summed E-state index contributed by atoms with van der Waals surface area (Å²) in [5.41, 5.74) is 9.89. The van der Waals surface area contributed by atoms with Gasteiger partial charge in [0.25, 0.3) is 5.91 Å². The van der Waals surface area contributed by atoms with Gasteiger partial charge in [-0.05, 0) is 48.9 Å². The smallest absolute Gasteiger partial charge is 0.251 e. The van der Waals surface area contributed by atoms with Crippen LogP contribution < -0.4 is 5.73 Å². The first kappa shape index (κ1) is 17.3. The van der Waals surface area contributed by atoms with Gasteiger partial charge < -0.3 is 15.4 Å². The van der Waals surface area contributed by atoms with Crippen molar-refractivity contribution < 1.29 is 9.90 Å². The molecular formula is C20H22N2O2S. The number of benzene rings is 1. The molecule has 25 heavy (non-hydrogen) atoms. The van der Waals surface area contributed by atoms with Gasteiger partial charge in [0.15, 0.2) is 0 Å². The minimum Gasteiger partial charge on any atom is -0.508 e. The summed E-state index contributed by atoms with van der Waals surface area (Å²) >= 11 is 1.74. The molecule has 2 heterocycles. The van der Waals surface area contributed by atoms with Gasteiger partial charge in [-0.25, -0.2) is 0 Å². The molecule has 0 fully saturated rings. The molecule has 0 saturated carbocycles. The number of carbonyl (C=O) groups excluding carboxylic acids is 1. The number of phenols is 1. The van der Waals surface area contributed by atoms with Crippen LogP contribution >= 0.6 is 11.3 Å². The largest absolute Gasteiger partial charge is 0.508 e. The van der Waals surface area contributed by atoms with Gasteiger partial charge in [0.1, 0.15) is 5.75 Å². The molecule has 1 amide bonds. The Labute approximate surface area is 151 Å². The van der Waals surface area contributed by atoms with Crippen molar-refractivity contribution in [2.24, 2.45) is 5.73 Å². The normalized spacial score (nSPS) is 11.0.